The predicted molar refractivity (Wildman–Crippen MR) is 99.6 cm³/mol. The van der Waals surface area contributed by atoms with E-state index in [9.17, 15) is 4.79 Å². The summed E-state index contributed by atoms with van der Waals surface area (Å²) in [6, 6.07) is 9.71. The van der Waals surface area contributed by atoms with Crippen molar-refractivity contribution in [3.05, 3.63) is 47.1 Å². The largest absolute Gasteiger partial charge is 0.373 e. The Kier molecular flexibility index (Phi) is 7.52. The Morgan fingerprint density at radius 1 is 1.15 bits per heavy atom. The van der Waals surface area contributed by atoms with Gasteiger partial charge in [-0.25, -0.2) is 4.98 Å². The van der Waals surface area contributed by atoms with E-state index in [1.807, 2.05) is 37.3 Å². The van der Waals surface area contributed by atoms with E-state index < -0.39 is 0 Å². The van der Waals surface area contributed by atoms with E-state index >= 15 is 0 Å². The van der Waals surface area contributed by atoms with Gasteiger partial charge in [-0.2, -0.15) is 9.59 Å². The molecule has 0 saturated heterocycles. The molecule has 0 radical (unpaired) electrons. The number of halogens is 1. The highest BCUT2D eigenvalue weighted by Crippen LogP contribution is 2.29. The monoisotopic (exact) mass is 372 g/mol. The molecule has 0 aliphatic heterocycles. The van der Waals surface area contributed by atoms with E-state index in [-0.39, 0.29) is 18.0 Å². The Bertz CT molecular complexity index is 778. The Labute approximate surface area is 157 Å². The summed E-state index contributed by atoms with van der Waals surface area (Å²) in [5.41, 5.74) is 3.07. The third-order valence-electron chi connectivity index (χ3n) is 4.42. The smallest absolute Gasteiger partial charge is 0.310 e. The first-order valence-corrected chi connectivity index (χ1v) is 8.95. The highest BCUT2D eigenvalue weighted by Gasteiger charge is 2.21. The van der Waals surface area contributed by atoms with Crippen molar-refractivity contribution in [2.75, 3.05) is 5.32 Å². The SMILES string of the molecule is Cc1ccc(Cl)c(-c2ccc(NC(=O)C3CCCCC3)nc2)c1.O=C=O. The standard InChI is InChI=1S/C19H21ClN2O.CO2/c1-13-7-9-17(20)16(11-13)15-8-10-18(21-12-15)22-19(23)14-5-3-2-4-6-14;2-1-3/h7-12,14H,2-6H2,1H3,(H,21,22,23);. The number of pyridine rings is 1. The number of hydrogen-bond acceptors (Lipinski definition) is 4. The number of anilines is 1. The summed E-state index contributed by atoms with van der Waals surface area (Å²) in [7, 11) is 0. The lowest BCUT2D eigenvalue weighted by molar-refractivity contribution is -0.191. The molecule has 26 heavy (non-hydrogen) atoms. The van der Waals surface area contributed by atoms with Crippen LogP contribution in [0.3, 0.4) is 0 Å². The van der Waals surface area contributed by atoms with Gasteiger partial charge in [0.05, 0.1) is 0 Å². The predicted octanol–water partition coefficient (Wildman–Crippen LogP) is 4.65. The number of aryl methyl sites for hydroxylation is 1. The van der Waals surface area contributed by atoms with Crippen LogP contribution in [-0.2, 0) is 14.4 Å². The van der Waals surface area contributed by atoms with Crippen LogP contribution in [0.2, 0.25) is 5.02 Å². The molecule has 1 aromatic heterocycles. The quantitative estimate of drug-likeness (QED) is 0.851. The molecule has 5 nitrogen and oxygen atoms in total. The highest BCUT2D eigenvalue weighted by atomic mass is 35.5. The maximum absolute atomic E-state index is 12.2. The first-order chi connectivity index (χ1) is 12.5. The third kappa shape index (κ3) is 5.51. The molecule has 0 unspecified atom stereocenters. The Hall–Kier alpha value is -2.49. The molecule has 2 aromatic rings. The molecule has 1 saturated carbocycles. The third-order valence-corrected chi connectivity index (χ3v) is 4.75. The van der Waals surface area contributed by atoms with Crippen LogP contribution in [0.1, 0.15) is 37.7 Å². The van der Waals surface area contributed by atoms with Gasteiger partial charge in [0.1, 0.15) is 5.82 Å². The summed E-state index contributed by atoms with van der Waals surface area (Å²) in [5, 5.41) is 3.64. The van der Waals surface area contributed by atoms with E-state index in [1.54, 1.807) is 6.20 Å². The molecule has 1 heterocycles. The first-order valence-electron chi connectivity index (χ1n) is 8.58. The summed E-state index contributed by atoms with van der Waals surface area (Å²) in [6.07, 6.45) is 7.53. The molecule has 0 bridgehead atoms. The minimum Gasteiger partial charge on any atom is -0.310 e. The molecule has 1 N–H and O–H groups in total. The molecule has 1 fully saturated rings. The van der Waals surface area contributed by atoms with Crippen LogP contribution >= 0.6 is 11.6 Å². The highest BCUT2D eigenvalue weighted by molar-refractivity contribution is 6.33. The summed E-state index contributed by atoms with van der Waals surface area (Å²) in [5.74, 6) is 0.836. The van der Waals surface area contributed by atoms with Crippen molar-refractivity contribution in [3.63, 3.8) is 0 Å². The van der Waals surface area contributed by atoms with Gasteiger partial charge in [0.2, 0.25) is 5.91 Å². The molecule has 1 aliphatic rings. The van der Waals surface area contributed by atoms with E-state index in [0.717, 1.165) is 42.4 Å². The lowest BCUT2D eigenvalue weighted by Crippen LogP contribution is -2.25. The average molecular weight is 373 g/mol. The fourth-order valence-electron chi connectivity index (χ4n) is 3.08. The molecule has 0 spiro atoms. The number of carbonyl (C=O) groups is 1. The van der Waals surface area contributed by atoms with Gasteiger partial charge in [0, 0.05) is 28.3 Å². The van der Waals surface area contributed by atoms with Crippen LogP contribution in [0.25, 0.3) is 11.1 Å². The van der Waals surface area contributed by atoms with E-state index in [1.165, 1.54) is 6.42 Å². The second kappa shape index (κ2) is 9.85. The Morgan fingerprint density at radius 2 is 1.85 bits per heavy atom. The fraction of sp³-hybridized carbons (Fsp3) is 0.350. The van der Waals surface area contributed by atoms with Crippen LogP contribution in [0, 0.1) is 12.8 Å². The zero-order valence-corrected chi connectivity index (χ0v) is 15.4. The number of nitrogens with zero attached hydrogens (tertiary/aromatic N) is 1. The molecule has 1 amide bonds. The van der Waals surface area contributed by atoms with Crippen molar-refractivity contribution in [1.82, 2.24) is 4.98 Å². The van der Waals surface area contributed by atoms with Crippen LogP contribution in [0.15, 0.2) is 36.5 Å². The number of aromatic nitrogens is 1. The fourth-order valence-corrected chi connectivity index (χ4v) is 3.31. The second-order valence-electron chi connectivity index (χ2n) is 6.32. The summed E-state index contributed by atoms with van der Waals surface area (Å²) < 4.78 is 0. The van der Waals surface area contributed by atoms with Gasteiger partial charge in [0.25, 0.3) is 0 Å². The van der Waals surface area contributed by atoms with Gasteiger partial charge >= 0.3 is 6.15 Å². The number of hydrogen-bond donors (Lipinski definition) is 1. The molecule has 136 valence electrons. The molecule has 3 rings (SSSR count). The lowest BCUT2D eigenvalue weighted by atomic mass is 9.89. The molecular weight excluding hydrogens is 352 g/mol. The number of rotatable bonds is 3. The minimum absolute atomic E-state index is 0.0959. The number of amides is 1. The average Bonchev–Trinajstić information content (AvgIpc) is 2.66. The van der Waals surface area contributed by atoms with Crippen LogP contribution in [0.5, 0.6) is 0 Å². The summed E-state index contributed by atoms with van der Waals surface area (Å²) >= 11 is 6.26. The molecule has 1 aromatic carbocycles. The molecule has 1 aliphatic carbocycles. The van der Waals surface area contributed by atoms with Crippen LogP contribution < -0.4 is 5.32 Å². The van der Waals surface area contributed by atoms with Crippen molar-refractivity contribution in [1.29, 1.82) is 0 Å². The van der Waals surface area contributed by atoms with Crippen molar-refractivity contribution in [2.24, 2.45) is 5.92 Å². The summed E-state index contributed by atoms with van der Waals surface area (Å²) in [6.45, 7) is 2.03. The van der Waals surface area contributed by atoms with E-state index in [2.05, 4.69) is 10.3 Å². The summed E-state index contributed by atoms with van der Waals surface area (Å²) in [4.78, 5) is 32.9. The van der Waals surface area contributed by atoms with Crippen molar-refractivity contribution in [2.45, 2.75) is 39.0 Å². The van der Waals surface area contributed by atoms with Gasteiger partial charge in [-0.1, -0.05) is 42.5 Å². The number of benzene rings is 1. The zero-order valence-electron chi connectivity index (χ0n) is 14.6. The van der Waals surface area contributed by atoms with Gasteiger partial charge in [-0.3, -0.25) is 4.79 Å². The van der Waals surface area contributed by atoms with Gasteiger partial charge in [-0.05, 0) is 44.0 Å². The van der Waals surface area contributed by atoms with Crippen LogP contribution in [0.4, 0.5) is 5.82 Å². The molecule has 0 atom stereocenters. The normalized spacial score (nSPS) is 13.9. The zero-order chi connectivity index (χ0) is 18.9. The second-order valence-corrected chi connectivity index (χ2v) is 6.73. The lowest BCUT2D eigenvalue weighted by Gasteiger charge is -2.20. The van der Waals surface area contributed by atoms with Gasteiger partial charge < -0.3 is 5.32 Å². The van der Waals surface area contributed by atoms with Crippen LogP contribution in [-0.4, -0.2) is 17.0 Å². The molecule has 6 heteroatoms. The maximum Gasteiger partial charge on any atom is 0.373 e. The first kappa shape index (κ1) is 19.8. The Morgan fingerprint density at radius 3 is 2.46 bits per heavy atom. The topological polar surface area (TPSA) is 76.1 Å². The van der Waals surface area contributed by atoms with Gasteiger partial charge in [0.15, 0.2) is 0 Å². The maximum atomic E-state index is 12.2. The number of nitrogens with one attached hydrogen (secondary N) is 1. The van der Waals surface area contributed by atoms with Crippen molar-refractivity contribution >= 4 is 29.5 Å². The van der Waals surface area contributed by atoms with Crippen molar-refractivity contribution < 1.29 is 14.4 Å². The Balaban J connectivity index is 0.000000758. The molecular formula is C20H21ClN2O3. The minimum atomic E-state index is 0.0959. The van der Waals surface area contributed by atoms with Crippen molar-refractivity contribution in [3.8, 4) is 11.1 Å². The van der Waals surface area contributed by atoms with E-state index in [0.29, 0.717) is 10.8 Å². The van der Waals surface area contributed by atoms with Gasteiger partial charge in [-0.15, -0.1) is 0 Å². The van der Waals surface area contributed by atoms with E-state index in [4.69, 9.17) is 21.2 Å². The number of carbonyl (C=O) groups excluding carboxylic acids is 3.